The quantitative estimate of drug-likeness (QED) is 0.169. The van der Waals surface area contributed by atoms with Gasteiger partial charge in [-0.2, -0.15) is 21.6 Å². The van der Waals surface area contributed by atoms with Crippen LogP contribution in [-0.4, -0.2) is 60.5 Å². The van der Waals surface area contributed by atoms with Crippen molar-refractivity contribution in [2.75, 3.05) is 13.7 Å². The third kappa shape index (κ3) is 5.63. The summed E-state index contributed by atoms with van der Waals surface area (Å²) in [5.41, 5.74) is -1.11. The molecule has 1 fully saturated rings. The summed E-state index contributed by atoms with van der Waals surface area (Å²) in [6.07, 6.45) is 7.04. The molecule has 10 nitrogen and oxygen atoms in total. The first-order chi connectivity index (χ1) is 21.8. The number of nitrogens with one attached hydrogen (secondary N) is 2. The van der Waals surface area contributed by atoms with Crippen LogP contribution in [0, 0.1) is 5.92 Å². The van der Waals surface area contributed by atoms with E-state index in [1.807, 2.05) is 50.3 Å². The minimum Gasteiger partial charge on any atom is -0.453 e. The molecule has 6 rings (SSSR count). The lowest BCUT2D eigenvalue weighted by molar-refractivity contribution is -0.135. The smallest absolute Gasteiger partial charge is 0.453 e. The van der Waals surface area contributed by atoms with E-state index in [0.29, 0.717) is 30.8 Å². The van der Waals surface area contributed by atoms with Crippen molar-refractivity contribution in [3.8, 4) is 28.1 Å². The summed E-state index contributed by atoms with van der Waals surface area (Å²) in [5.74, 6) is -0.297. The van der Waals surface area contributed by atoms with Gasteiger partial charge in [0, 0.05) is 23.9 Å². The zero-order valence-electron chi connectivity index (χ0n) is 25.3. The number of methoxy groups -OCH3 is 1. The Morgan fingerprint density at radius 1 is 1.04 bits per heavy atom. The van der Waals surface area contributed by atoms with Gasteiger partial charge in [0.2, 0.25) is 5.91 Å². The van der Waals surface area contributed by atoms with E-state index in [4.69, 9.17) is 4.74 Å². The molecular formula is C32H33F3N4O6S. The van der Waals surface area contributed by atoms with Crippen LogP contribution in [0.5, 0.6) is 5.75 Å². The minimum atomic E-state index is -5.81. The fourth-order valence-electron chi connectivity index (χ4n) is 6.69. The molecule has 0 radical (unpaired) electrons. The third-order valence-corrected chi connectivity index (χ3v) is 9.87. The van der Waals surface area contributed by atoms with Crippen LogP contribution in [0.25, 0.3) is 22.4 Å². The van der Waals surface area contributed by atoms with Gasteiger partial charge in [0.25, 0.3) is 0 Å². The lowest BCUT2D eigenvalue weighted by Crippen LogP contribution is -2.51. The number of hydrogen-bond acceptors (Lipinski definition) is 7. The third-order valence-electron chi connectivity index (χ3n) is 8.90. The van der Waals surface area contributed by atoms with E-state index in [9.17, 15) is 31.2 Å². The maximum Gasteiger partial charge on any atom is 0.534 e. The average molecular weight is 659 g/mol. The topological polar surface area (TPSA) is 131 Å². The largest absolute Gasteiger partial charge is 0.534 e. The maximum atomic E-state index is 13.5. The zero-order chi connectivity index (χ0) is 33.0. The van der Waals surface area contributed by atoms with E-state index in [2.05, 4.69) is 19.5 Å². The Hall–Kier alpha value is -4.33. The van der Waals surface area contributed by atoms with E-state index in [-0.39, 0.29) is 35.5 Å². The Bertz CT molecular complexity index is 1800. The monoisotopic (exact) mass is 658 g/mol. The number of hydrogen-bond donors (Lipinski definition) is 2. The number of H-pyrrole nitrogens is 1. The molecular weight excluding hydrogens is 625 g/mol. The number of allylic oxidation sites excluding steroid dienone is 2. The van der Waals surface area contributed by atoms with Crippen LogP contribution in [-0.2, 0) is 19.6 Å². The molecule has 2 heterocycles. The molecule has 3 aromatic rings. The number of rotatable bonds is 8. The van der Waals surface area contributed by atoms with Crippen LogP contribution in [0.15, 0.2) is 54.7 Å². The highest BCUT2D eigenvalue weighted by Crippen LogP contribution is 2.55. The first kappa shape index (κ1) is 31.6. The normalized spacial score (nSPS) is 21.0. The molecule has 244 valence electrons. The first-order valence-corrected chi connectivity index (χ1v) is 16.4. The summed E-state index contributed by atoms with van der Waals surface area (Å²) in [7, 11) is -4.55. The molecule has 1 aromatic heterocycles. The minimum absolute atomic E-state index is 0.0582. The van der Waals surface area contributed by atoms with Crippen LogP contribution < -0.4 is 9.50 Å². The number of aromatic amines is 1. The standard InChI is InChI=1S/C32H33F3N4O6S/c1-17(2)28(38-31(41)44-3)30(40)39-14-4-5-24(39)29-36-16-23(37-29)19-8-6-18(7-9-19)22-12-13-25(45-46(42,43)32(33,34)35)27-21-11-10-20(15-21)26(22)27/h6-13,16-17,20-21,24,28H,4-5,14-15H2,1-3H3,(H,36,37)(H,38,41)/t20?,21?,24-,28-/m0/s1. The molecule has 4 atom stereocenters. The zero-order valence-corrected chi connectivity index (χ0v) is 26.1. The van der Waals surface area contributed by atoms with Gasteiger partial charge in [0.15, 0.2) is 0 Å². The fourth-order valence-corrected chi connectivity index (χ4v) is 7.17. The second-order valence-corrected chi connectivity index (χ2v) is 13.6. The molecule has 1 saturated heterocycles. The molecule has 1 aliphatic heterocycles. The van der Waals surface area contributed by atoms with Gasteiger partial charge in [-0.15, -0.1) is 0 Å². The van der Waals surface area contributed by atoms with Crippen molar-refractivity contribution >= 4 is 22.1 Å². The Morgan fingerprint density at radius 2 is 1.72 bits per heavy atom. The molecule has 2 bridgehead atoms. The maximum absolute atomic E-state index is 13.5. The van der Waals surface area contributed by atoms with Crippen LogP contribution >= 0.6 is 0 Å². The predicted molar refractivity (Wildman–Crippen MR) is 162 cm³/mol. The van der Waals surface area contributed by atoms with Gasteiger partial charge >= 0.3 is 21.7 Å². The predicted octanol–water partition coefficient (Wildman–Crippen LogP) is 6.16. The average Bonchev–Trinajstić information content (AvgIpc) is 3.83. The number of imidazole rings is 1. The number of aromatic nitrogens is 2. The molecule has 2 N–H and O–H groups in total. The number of likely N-dealkylation sites (tertiary alicyclic amines) is 1. The molecule has 0 saturated carbocycles. The molecule has 2 aromatic carbocycles. The van der Waals surface area contributed by atoms with Crippen LogP contribution in [0.2, 0.25) is 0 Å². The van der Waals surface area contributed by atoms with Gasteiger partial charge in [-0.25, -0.2) is 9.78 Å². The molecule has 3 aliphatic rings. The van der Waals surface area contributed by atoms with Crippen LogP contribution in [0.3, 0.4) is 0 Å². The van der Waals surface area contributed by atoms with Gasteiger partial charge in [-0.3, -0.25) is 4.79 Å². The second kappa shape index (κ2) is 11.8. The number of halogens is 3. The van der Waals surface area contributed by atoms with Crippen molar-refractivity contribution in [3.05, 3.63) is 71.7 Å². The fraction of sp³-hybridized carbons (Fsp3) is 0.406. The van der Waals surface area contributed by atoms with E-state index in [1.54, 1.807) is 17.2 Å². The van der Waals surface area contributed by atoms with Crippen molar-refractivity contribution in [2.45, 2.75) is 62.5 Å². The van der Waals surface area contributed by atoms with Crippen molar-refractivity contribution in [1.82, 2.24) is 20.2 Å². The molecule has 46 heavy (non-hydrogen) atoms. The summed E-state index contributed by atoms with van der Waals surface area (Å²) < 4.78 is 72.1. The number of ether oxygens (including phenoxy) is 1. The van der Waals surface area contributed by atoms with E-state index >= 15 is 0 Å². The number of alkyl carbamates (subject to hydrolysis) is 1. The van der Waals surface area contributed by atoms with Gasteiger partial charge in [0.1, 0.15) is 17.6 Å². The van der Waals surface area contributed by atoms with Gasteiger partial charge in [-0.05, 0) is 53.5 Å². The summed E-state index contributed by atoms with van der Waals surface area (Å²) >= 11 is 0. The lowest BCUT2D eigenvalue weighted by Gasteiger charge is -2.30. The SMILES string of the molecule is COC(=O)N[C@H](C(=O)N1CCC[C@H]1c1ncc(-c2ccc(-c3ccc(OS(=O)(=O)C(F)(F)F)c4c3C3C=CC4C3)cc2)[nH]1)C(C)C. The number of carbonyl (C=O) groups excluding carboxylic acids is 2. The number of alkyl halides is 3. The summed E-state index contributed by atoms with van der Waals surface area (Å²) in [6.45, 7) is 4.25. The van der Waals surface area contributed by atoms with Crippen LogP contribution in [0.1, 0.15) is 67.9 Å². The van der Waals surface area contributed by atoms with Crippen molar-refractivity contribution in [3.63, 3.8) is 0 Å². The molecule has 2 unspecified atom stereocenters. The summed E-state index contributed by atoms with van der Waals surface area (Å²) in [6, 6.07) is 9.45. The van der Waals surface area contributed by atoms with Gasteiger partial charge in [0.05, 0.1) is 25.0 Å². The van der Waals surface area contributed by atoms with Crippen molar-refractivity contribution in [2.24, 2.45) is 5.92 Å². The highest BCUT2D eigenvalue weighted by Gasteiger charge is 2.50. The number of benzene rings is 2. The Labute approximate surface area is 264 Å². The van der Waals surface area contributed by atoms with Crippen molar-refractivity contribution in [1.29, 1.82) is 0 Å². The number of nitrogens with zero attached hydrogens (tertiary/aromatic N) is 2. The van der Waals surface area contributed by atoms with Gasteiger partial charge in [-0.1, -0.05) is 56.3 Å². The van der Waals surface area contributed by atoms with Crippen LogP contribution in [0.4, 0.5) is 18.0 Å². The number of carbonyl (C=O) groups is 2. The van der Waals surface area contributed by atoms with Gasteiger partial charge < -0.3 is 24.1 Å². The second-order valence-electron chi connectivity index (χ2n) is 12.1. The molecule has 2 aliphatic carbocycles. The molecule has 0 spiro atoms. The summed E-state index contributed by atoms with van der Waals surface area (Å²) in [5, 5.41) is 2.64. The lowest BCUT2D eigenvalue weighted by atomic mass is 9.88. The number of fused-ring (bicyclic) bond motifs is 5. The Kier molecular flexibility index (Phi) is 8.11. The number of amides is 2. The molecule has 2 amide bonds. The highest BCUT2D eigenvalue weighted by atomic mass is 32.2. The van der Waals surface area contributed by atoms with E-state index in [1.165, 1.54) is 13.2 Å². The highest BCUT2D eigenvalue weighted by molar-refractivity contribution is 7.88. The Balaban J connectivity index is 1.24. The van der Waals surface area contributed by atoms with E-state index in [0.717, 1.165) is 34.4 Å². The summed E-state index contributed by atoms with van der Waals surface area (Å²) in [4.78, 5) is 35.0. The molecule has 14 heteroatoms. The van der Waals surface area contributed by atoms with Crippen molar-refractivity contribution < 1.29 is 40.1 Å². The first-order valence-electron chi connectivity index (χ1n) is 15.0. The van der Waals surface area contributed by atoms with E-state index < -0.39 is 27.8 Å². The Morgan fingerprint density at radius 3 is 2.37 bits per heavy atom.